The summed E-state index contributed by atoms with van der Waals surface area (Å²) in [6.45, 7) is 2.75. The van der Waals surface area contributed by atoms with E-state index < -0.39 is 5.92 Å². The largest absolute Gasteiger partial charge is 0.335 e. The molecule has 1 saturated carbocycles. The Morgan fingerprint density at radius 2 is 2.40 bits per heavy atom. The molecule has 1 heterocycles. The van der Waals surface area contributed by atoms with Gasteiger partial charge < -0.3 is 4.57 Å². The molecular weight excluding hydrogens is 198 g/mol. The maximum absolute atomic E-state index is 12.9. The van der Waals surface area contributed by atoms with Gasteiger partial charge >= 0.3 is 0 Å². The summed E-state index contributed by atoms with van der Waals surface area (Å²) >= 11 is 0. The molecule has 1 aliphatic rings. The molecular formula is C11H16F2N2. The van der Waals surface area contributed by atoms with Crippen LogP contribution in [-0.4, -0.2) is 15.5 Å². The minimum atomic E-state index is -2.41. The van der Waals surface area contributed by atoms with Gasteiger partial charge in [0, 0.05) is 31.8 Å². The zero-order valence-corrected chi connectivity index (χ0v) is 8.92. The van der Waals surface area contributed by atoms with Crippen LogP contribution >= 0.6 is 0 Å². The van der Waals surface area contributed by atoms with Gasteiger partial charge in [-0.2, -0.15) is 0 Å². The third kappa shape index (κ3) is 2.55. The Hall–Kier alpha value is -0.930. The second-order valence-corrected chi connectivity index (χ2v) is 4.42. The fraction of sp³-hybridized carbons (Fsp3) is 0.727. The molecule has 0 spiro atoms. The summed E-state index contributed by atoms with van der Waals surface area (Å²) in [6, 6.07) is 0. The number of imidazole rings is 1. The summed E-state index contributed by atoms with van der Waals surface area (Å²) in [6.07, 6.45) is 5.30. The molecule has 84 valence electrons. The Morgan fingerprint density at radius 3 is 2.93 bits per heavy atom. The second kappa shape index (κ2) is 3.91. The lowest BCUT2D eigenvalue weighted by atomic mass is 10.0. The molecule has 0 bridgehead atoms. The van der Waals surface area contributed by atoms with E-state index in [2.05, 4.69) is 4.98 Å². The van der Waals surface area contributed by atoms with Crippen LogP contribution in [0.4, 0.5) is 8.78 Å². The first-order valence-electron chi connectivity index (χ1n) is 5.42. The van der Waals surface area contributed by atoms with Crippen LogP contribution in [-0.2, 0) is 6.54 Å². The highest BCUT2D eigenvalue weighted by Crippen LogP contribution is 2.40. The molecule has 0 N–H and O–H groups in total. The van der Waals surface area contributed by atoms with Gasteiger partial charge in [-0.25, -0.2) is 13.8 Å². The quantitative estimate of drug-likeness (QED) is 0.756. The molecule has 1 aliphatic carbocycles. The summed E-state index contributed by atoms with van der Waals surface area (Å²) in [5.74, 6) is -1.27. The predicted octanol–water partition coefficient (Wildman–Crippen LogP) is 3.02. The molecule has 0 saturated heterocycles. The smallest absolute Gasteiger partial charge is 0.248 e. The van der Waals surface area contributed by atoms with E-state index in [0.717, 1.165) is 18.8 Å². The highest BCUT2D eigenvalue weighted by Gasteiger charge is 2.38. The van der Waals surface area contributed by atoms with E-state index in [1.165, 1.54) is 0 Å². The summed E-state index contributed by atoms with van der Waals surface area (Å²) in [5, 5.41) is 0. The zero-order chi connectivity index (χ0) is 10.9. The number of hydrogen-bond acceptors (Lipinski definition) is 1. The van der Waals surface area contributed by atoms with Crippen molar-refractivity contribution in [2.24, 2.45) is 5.92 Å². The van der Waals surface area contributed by atoms with Crippen molar-refractivity contribution in [2.75, 3.05) is 0 Å². The van der Waals surface area contributed by atoms with Crippen LogP contribution in [0, 0.1) is 12.8 Å². The van der Waals surface area contributed by atoms with Crippen LogP contribution in [0.1, 0.15) is 31.5 Å². The van der Waals surface area contributed by atoms with Gasteiger partial charge in [-0.15, -0.1) is 0 Å². The fourth-order valence-electron chi connectivity index (χ4n) is 2.25. The molecule has 0 aliphatic heterocycles. The molecule has 1 atom stereocenters. The summed E-state index contributed by atoms with van der Waals surface area (Å²) in [7, 11) is 0. The van der Waals surface area contributed by atoms with Gasteiger partial charge in [-0.3, -0.25) is 0 Å². The SMILES string of the molecule is Cc1nccn1CC[C@@H]1CCC(F)(F)C1. The first-order chi connectivity index (χ1) is 7.07. The van der Waals surface area contributed by atoms with Crippen LogP contribution in [0.2, 0.25) is 0 Å². The van der Waals surface area contributed by atoms with Crippen molar-refractivity contribution in [3.05, 3.63) is 18.2 Å². The summed E-state index contributed by atoms with van der Waals surface area (Å²) < 4.78 is 27.9. The van der Waals surface area contributed by atoms with Crippen molar-refractivity contribution in [3.8, 4) is 0 Å². The van der Waals surface area contributed by atoms with Gasteiger partial charge in [-0.1, -0.05) is 0 Å². The van der Waals surface area contributed by atoms with Crippen molar-refractivity contribution in [1.82, 2.24) is 9.55 Å². The molecule has 1 fully saturated rings. The highest BCUT2D eigenvalue weighted by atomic mass is 19.3. The van der Waals surface area contributed by atoms with Crippen LogP contribution in [0.3, 0.4) is 0 Å². The summed E-state index contributed by atoms with van der Waals surface area (Å²) in [5.41, 5.74) is 0. The molecule has 0 radical (unpaired) electrons. The van der Waals surface area contributed by atoms with Gasteiger partial charge in [0.1, 0.15) is 5.82 Å². The lowest BCUT2D eigenvalue weighted by molar-refractivity contribution is 0.00455. The van der Waals surface area contributed by atoms with Gasteiger partial charge in [0.2, 0.25) is 5.92 Å². The van der Waals surface area contributed by atoms with E-state index in [-0.39, 0.29) is 18.8 Å². The van der Waals surface area contributed by atoms with Crippen LogP contribution in [0.25, 0.3) is 0 Å². The molecule has 0 amide bonds. The fourth-order valence-corrected chi connectivity index (χ4v) is 2.25. The Kier molecular flexibility index (Phi) is 2.76. The van der Waals surface area contributed by atoms with Crippen molar-refractivity contribution >= 4 is 0 Å². The monoisotopic (exact) mass is 214 g/mol. The molecule has 2 rings (SSSR count). The Bertz CT molecular complexity index is 333. The molecule has 2 nitrogen and oxygen atoms in total. The normalized spacial score (nSPS) is 24.6. The van der Waals surface area contributed by atoms with Crippen molar-refractivity contribution in [2.45, 2.75) is 45.1 Å². The number of alkyl halides is 2. The minimum Gasteiger partial charge on any atom is -0.335 e. The zero-order valence-electron chi connectivity index (χ0n) is 8.92. The average molecular weight is 214 g/mol. The number of nitrogens with zero attached hydrogens (tertiary/aromatic N) is 2. The van der Waals surface area contributed by atoms with Crippen LogP contribution < -0.4 is 0 Å². The van der Waals surface area contributed by atoms with E-state index >= 15 is 0 Å². The van der Waals surface area contributed by atoms with Crippen molar-refractivity contribution in [1.29, 1.82) is 0 Å². The van der Waals surface area contributed by atoms with E-state index in [1.54, 1.807) is 6.20 Å². The molecule has 1 aromatic rings. The van der Waals surface area contributed by atoms with E-state index in [9.17, 15) is 8.78 Å². The van der Waals surface area contributed by atoms with Gasteiger partial charge in [0.15, 0.2) is 0 Å². The molecule has 4 heteroatoms. The number of rotatable bonds is 3. The standard InChI is InChI=1S/C11H16F2N2/c1-9-14-5-7-15(9)6-3-10-2-4-11(12,13)8-10/h5,7,10H,2-4,6,8H2,1H3/t10-/m0/s1. The highest BCUT2D eigenvalue weighted by molar-refractivity contribution is 4.89. The van der Waals surface area contributed by atoms with E-state index in [4.69, 9.17) is 0 Å². The molecule has 1 aromatic heterocycles. The topological polar surface area (TPSA) is 17.8 Å². The predicted molar refractivity (Wildman–Crippen MR) is 53.9 cm³/mol. The number of halogens is 2. The Labute approximate surface area is 88.3 Å². The Morgan fingerprint density at radius 1 is 1.60 bits per heavy atom. The third-order valence-corrected chi connectivity index (χ3v) is 3.21. The van der Waals surface area contributed by atoms with Gasteiger partial charge in [0.25, 0.3) is 0 Å². The average Bonchev–Trinajstić information content (AvgIpc) is 2.69. The van der Waals surface area contributed by atoms with Gasteiger partial charge in [0.05, 0.1) is 0 Å². The maximum Gasteiger partial charge on any atom is 0.248 e. The van der Waals surface area contributed by atoms with Crippen molar-refractivity contribution in [3.63, 3.8) is 0 Å². The molecule has 0 aromatic carbocycles. The van der Waals surface area contributed by atoms with Crippen LogP contribution in [0.5, 0.6) is 0 Å². The van der Waals surface area contributed by atoms with Crippen molar-refractivity contribution < 1.29 is 8.78 Å². The van der Waals surface area contributed by atoms with Gasteiger partial charge in [-0.05, 0) is 25.7 Å². The molecule has 0 unspecified atom stereocenters. The number of aromatic nitrogens is 2. The Balaban J connectivity index is 1.83. The lowest BCUT2D eigenvalue weighted by Crippen LogP contribution is -2.11. The first kappa shape index (κ1) is 10.6. The first-order valence-corrected chi connectivity index (χ1v) is 5.42. The van der Waals surface area contributed by atoms with Crippen LogP contribution in [0.15, 0.2) is 12.4 Å². The number of aryl methyl sites for hydroxylation is 2. The van der Waals surface area contributed by atoms with E-state index in [1.807, 2.05) is 17.7 Å². The minimum absolute atomic E-state index is 0.0700. The second-order valence-electron chi connectivity index (χ2n) is 4.42. The lowest BCUT2D eigenvalue weighted by Gasteiger charge is -2.11. The summed E-state index contributed by atoms with van der Waals surface area (Å²) in [4.78, 5) is 4.11. The number of hydrogen-bond donors (Lipinski definition) is 0. The maximum atomic E-state index is 12.9. The third-order valence-electron chi connectivity index (χ3n) is 3.21. The van der Waals surface area contributed by atoms with E-state index in [0.29, 0.717) is 6.42 Å². The molecule has 15 heavy (non-hydrogen) atoms.